The van der Waals surface area contributed by atoms with Crippen LogP contribution in [0, 0.1) is 0 Å². The molecule has 1 heterocycles. The fourth-order valence-electron chi connectivity index (χ4n) is 1.78. The van der Waals surface area contributed by atoms with Gasteiger partial charge in [0, 0.05) is 12.6 Å². The third-order valence-corrected chi connectivity index (χ3v) is 5.31. The van der Waals surface area contributed by atoms with Crippen molar-refractivity contribution in [3.8, 4) is 0 Å². The molecule has 23 heavy (non-hydrogen) atoms. The lowest BCUT2D eigenvalue weighted by molar-refractivity contribution is 0.0939. The third kappa shape index (κ3) is 4.17. The Bertz CT molecular complexity index is 801. The highest BCUT2D eigenvalue weighted by Gasteiger charge is 2.16. The topological polar surface area (TPSA) is 118 Å². The van der Waals surface area contributed by atoms with Gasteiger partial charge in [-0.15, -0.1) is 10.2 Å². The summed E-state index contributed by atoms with van der Waals surface area (Å²) in [5.74, 6) is -0.292. The number of hydrogen-bond acceptors (Lipinski definition) is 7. The van der Waals surface area contributed by atoms with Crippen molar-refractivity contribution in [2.45, 2.75) is 13.0 Å². The van der Waals surface area contributed by atoms with E-state index < -0.39 is 10.0 Å². The fourth-order valence-corrected chi connectivity index (χ4v) is 2.90. The first kappa shape index (κ1) is 17.2. The molecule has 0 bridgehead atoms. The first-order valence-electron chi connectivity index (χ1n) is 6.62. The van der Waals surface area contributed by atoms with E-state index in [0.29, 0.717) is 21.4 Å². The summed E-state index contributed by atoms with van der Waals surface area (Å²) in [6, 6.07) is 5.95. The molecule has 2 aromatic rings. The molecule has 124 valence electrons. The number of nitrogens with one attached hydrogen (secondary N) is 1. The Labute approximate surface area is 138 Å². The summed E-state index contributed by atoms with van der Waals surface area (Å²) >= 11 is 1.21. The maximum absolute atomic E-state index is 12.2. The van der Waals surface area contributed by atoms with Gasteiger partial charge in [0.1, 0.15) is 5.01 Å². The van der Waals surface area contributed by atoms with Crippen LogP contribution in [0.3, 0.4) is 0 Å². The number of nitrogen functional groups attached to an aromatic ring is 1. The molecule has 0 fully saturated rings. The van der Waals surface area contributed by atoms with Crippen molar-refractivity contribution in [2.75, 3.05) is 23.3 Å². The van der Waals surface area contributed by atoms with Gasteiger partial charge in [0.25, 0.3) is 5.91 Å². The largest absolute Gasteiger partial charge is 0.374 e. The number of amides is 1. The highest BCUT2D eigenvalue weighted by molar-refractivity contribution is 7.92. The third-order valence-electron chi connectivity index (χ3n) is 3.16. The second-order valence-electron chi connectivity index (χ2n) is 4.95. The number of aromatic nitrogens is 2. The highest BCUT2D eigenvalue weighted by Crippen LogP contribution is 2.20. The van der Waals surface area contributed by atoms with Crippen LogP contribution in [0.15, 0.2) is 24.3 Å². The zero-order valence-electron chi connectivity index (χ0n) is 12.8. The number of nitrogens with zero attached hydrogens (tertiary/aromatic N) is 3. The molecule has 10 heteroatoms. The van der Waals surface area contributed by atoms with E-state index in [-0.39, 0.29) is 11.9 Å². The van der Waals surface area contributed by atoms with Gasteiger partial charge >= 0.3 is 0 Å². The number of nitrogens with two attached hydrogens (primary N) is 1. The van der Waals surface area contributed by atoms with Crippen LogP contribution in [0.1, 0.15) is 28.3 Å². The molecule has 0 spiro atoms. The molecule has 0 radical (unpaired) electrons. The molecule has 0 aliphatic rings. The van der Waals surface area contributed by atoms with Crippen LogP contribution in [-0.2, 0) is 10.0 Å². The van der Waals surface area contributed by atoms with Gasteiger partial charge in [-0.25, -0.2) is 8.42 Å². The number of rotatable bonds is 5. The predicted octanol–water partition coefficient (Wildman–Crippen LogP) is 1.01. The number of sulfonamides is 1. The zero-order valence-corrected chi connectivity index (χ0v) is 14.5. The summed E-state index contributed by atoms with van der Waals surface area (Å²) < 4.78 is 24.1. The van der Waals surface area contributed by atoms with E-state index in [1.54, 1.807) is 31.2 Å². The molecule has 1 aromatic carbocycles. The minimum absolute atomic E-state index is 0.292. The molecule has 0 saturated heterocycles. The Hall–Kier alpha value is -2.20. The number of carbonyl (C=O) groups is 1. The van der Waals surface area contributed by atoms with Crippen molar-refractivity contribution in [3.63, 3.8) is 0 Å². The monoisotopic (exact) mass is 355 g/mol. The number of hydrogen-bond donors (Lipinski definition) is 2. The summed E-state index contributed by atoms with van der Waals surface area (Å²) in [5.41, 5.74) is 6.41. The second-order valence-corrected chi connectivity index (χ2v) is 8.01. The lowest BCUT2D eigenvalue weighted by Gasteiger charge is -2.17. The van der Waals surface area contributed by atoms with Crippen molar-refractivity contribution in [2.24, 2.45) is 0 Å². The minimum Gasteiger partial charge on any atom is -0.374 e. The molecule has 2 rings (SSSR count). The maximum atomic E-state index is 12.2. The van der Waals surface area contributed by atoms with Gasteiger partial charge in [-0.05, 0) is 31.2 Å². The van der Waals surface area contributed by atoms with Gasteiger partial charge in [-0.3, -0.25) is 9.10 Å². The van der Waals surface area contributed by atoms with Crippen molar-refractivity contribution < 1.29 is 13.2 Å². The van der Waals surface area contributed by atoms with Crippen LogP contribution >= 0.6 is 11.3 Å². The number of anilines is 2. The maximum Gasteiger partial charge on any atom is 0.251 e. The van der Waals surface area contributed by atoms with Crippen LogP contribution in [0.5, 0.6) is 0 Å². The molecular formula is C13H17N5O3S2. The Morgan fingerprint density at radius 1 is 1.30 bits per heavy atom. The minimum atomic E-state index is -3.33. The molecular weight excluding hydrogens is 338 g/mol. The fraction of sp³-hybridized carbons (Fsp3) is 0.308. The highest BCUT2D eigenvalue weighted by atomic mass is 32.2. The summed E-state index contributed by atoms with van der Waals surface area (Å²) in [6.07, 6.45) is 1.11. The Balaban J connectivity index is 2.08. The van der Waals surface area contributed by atoms with Crippen LogP contribution in [0.4, 0.5) is 10.8 Å². The lowest BCUT2D eigenvalue weighted by Crippen LogP contribution is -2.27. The van der Waals surface area contributed by atoms with Crippen LogP contribution in [-0.4, -0.2) is 37.8 Å². The van der Waals surface area contributed by atoms with Gasteiger partial charge in [-0.1, -0.05) is 11.3 Å². The molecule has 0 aliphatic carbocycles. The number of benzene rings is 1. The van der Waals surface area contributed by atoms with Gasteiger partial charge in [0.15, 0.2) is 0 Å². The van der Waals surface area contributed by atoms with Gasteiger partial charge in [0.2, 0.25) is 15.2 Å². The number of carbonyl (C=O) groups excluding carboxylic acids is 1. The second kappa shape index (κ2) is 6.50. The van der Waals surface area contributed by atoms with E-state index in [0.717, 1.165) is 10.6 Å². The van der Waals surface area contributed by atoms with Crippen LogP contribution < -0.4 is 15.4 Å². The summed E-state index contributed by atoms with van der Waals surface area (Å²) in [5, 5.41) is 11.3. The smallest absolute Gasteiger partial charge is 0.251 e. The van der Waals surface area contributed by atoms with Crippen molar-refractivity contribution in [1.82, 2.24) is 15.5 Å². The Morgan fingerprint density at radius 2 is 1.91 bits per heavy atom. The average molecular weight is 355 g/mol. The Kier molecular flexibility index (Phi) is 4.85. The quantitative estimate of drug-likeness (QED) is 0.826. The molecule has 1 amide bonds. The van der Waals surface area contributed by atoms with E-state index in [9.17, 15) is 13.2 Å². The molecule has 0 aliphatic heterocycles. The lowest BCUT2D eigenvalue weighted by atomic mass is 10.2. The normalized spacial score (nSPS) is 12.7. The van der Waals surface area contributed by atoms with Crippen molar-refractivity contribution in [3.05, 3.63) is 34.8 Å². The van der Waals surface area contributed by atoms with Gasteiger partial charge in [-0.2, -0.15) is 0 Å². The molecule has 1 aromatic heterocycles. The zero-order chi connectivity index (χ0) is 17.2. The molecule has 3 N–H and O–H groups in total. The van der Waals surface area contributed by atoms with E-state index in [1.165, 1.54) is 18.4 Å². The average Bonchev–Trinajstić information content (AvgIpc) is 2.92. The summed E-state index contributed by atoms with van der Waals surface area (Å²) in [4.78, 5) is 12.2. The van der Waals surface area contributed by atoms with E-state index >= 15 is 0 Å². The summed E-state index contributed by atoms with van der Waals surface area (Å²) in [7, 11) is -1.88. The van der Waals surface area contributed by atoms with E-state index in [2.05, 4.69) is 15.5 Å². The molecule has 1 unspecified atom stereocenters. The van der Waals surface area contributed by atoms with Crippen LogP contribution in [0.25, 0.3) is 0 Å². The first-order valence-corrected chi connectivity index (χ1v) is 9.28. The van der Waals surface area contributed by atoms with Gasteiger partial charge in [0.05, 0.1) is 18.0 Å². The SMILES string of the molecule is CC(NC(=O)c1ccc(N(C)S(C)(=O)=O)cc1)c1nnc(N)s1. The standard InChI is InChI=1S/C13H17N5O3S2/c1-8(12-16-17-13(14)22-12)15-11(19)9-4-6-10(7-5-9)18(2)23(3,20)21/h4-8H,1-3H3,(H2,14,17)(H,15,19). The van der Waals surface area contributed by atoms with E-state index in [1.807, 2.05) is 0 Å². The van der Waals surface area contributed by atoms with E-state index in [4.69, 9.17) is 5.73 Å². The Morgan fingerprint density at radius 3 is 2.39 bits per heavy atom. The molecule has 0 saturated carbocycles. The predicted molar refractivity (Wildman–Crippen MR) is 89.9 cm³/mol. The summed E-state index contributed by atoms with van der Waals surface area (Å²) in [6.45, 7) is 1.78. The van der Waals surface area contributed by atoms with Gasteiger partial charge < -0.3 is 11.1 Å². The first-order chi connectivity index (χ1) is 10.7. The molecule has 8 nitrogen and oxygen atoms in total. The van der Waals surface area contributed by atoms with Crippen LogP contribution in [0.2, 0.25) is 0 Å². The molecule has 1 atom stereocenters. The van der Waals surface area contributed by atoms with Crippen molar-refractivity contribution >= 4 is 38.1 Å². The van der Waals surface area contributed by atoms with Crippen molar-refractivity contribution in [1.29, 1.82) is 0 Å².